The van der Waals surface area contributed by atoms with Crippen molar-refractivity contribution < 1.29 is 4.92 Å². The van der Waals surface area contributed by atoms with Crippen LogP contribution in [0.5, 0.6) is 0 Å². The van der Waals surface area contributed by atoms with Gasteiger partial charge in [0.1, 0.15) is 0 Å². The van der Waals surface area contributed by atoms with Crippen LogP contribution in [0.15, 0.2) is 36.5 Å². The van der Waals surface area contributed by atoms with Gasteiger partial charge in [-0.25, -0.2) is 0 Å². The molecule has 0 spiro atoms. The molecule has 0 radical (unpaired) electrons. The van der Waals surface area contributed by atoms with Crippen molar-refractivity contribution in [2.75, 3.05) is 31.1 Å². The monoisotopic (exact) mass is 337 g/mol. The normalized spacial score (nSPS) is 15.0. The third-order valence-electron chi connectivity index (χ3n) is 4.50. The van der Waals surface area contributed by atoms with Crippen LogP contribution in [0, 0.1) is 28.4 Å². The zero-order valence-electron chi connectivity index (χ0n) is 14.1. The van der Waals surface area contributed by atoms with Crippen LogP contribution >= 0.6 is 0 Å². The van der Waals surface area contributed by atoms with Crippen LogP contribution in [-0.2, 0) is 6.54 Å². The van der Waals surface area contributed by atoms with Crippen molar-refractivity contribution in [2.45, 2.75) is 13.5 Å². The molecule has 0 unspecified atom stereocenters. The fourth-order valence-electron chi connectivity index (χ4n) is 3.13. The second kappa shape index (κ2) is 7.28. The molecular formula is C18H19N5O2. The summed E-state index contributed by atoms with van der Waals surface area (Å²) < 4.78 is 0. The number of hydrogen-bond donors (Lipinski definition) is 0. The van der Waals surface area contributed by atoms with Gasteiger partial charge in [0.25, 0.3) is 5.69 Å². The standard InChI is InChI=1S/C18H19N5O2/c1-14-17(10-15(12-19)11-18(14)23(24)25)22-8-6-21(7-9-22)13-16-4-2-3-5-20-16/h2-5,10-11H,6-9,13H2,1H3. The lowest BCUT2D eigenvalue weighted by Crippen LogP contribution is -2.46. The molecule has 0 aliphatic carbocycles. The highest BCUT2D eigenvalue weighted by Crippen LogP contribution is 2.31. The molecule has 1 fully saturated rings. The van der Waals surface area contributed by atoms with E-state index in [1.165, 1.54) is 6.07 Å². The van der Waals surface area contributed by atoms with E-state index in [1.807, 2.05) is 24.3 Å². The molecule has 7 nitrogen and oxygen atoms in total. The van der Waals surface area contributed by atoms with E-state index in [1.54, 1.807) is 19.2 Å². The Balaban J connectivity index is 1.74. The average molecular weight is 337 g/mol. The molecule has 0 N–H and O–H groups in total. The zero-order valence-corrected chi connectivity index (χ0v) is 14.1. The van der Waals surface area contributed by atoms with Gasteiger partial charge < -0.3 is 4.90 Å². The lowest BCUT2D eigenvalue weighted by atomic mass is 10.1. The van der Waals surface area contributed by atoms with E-state index in [-0.39, 0.29) is 5.69 Å². The molecular weight excluding hydrogens is 318 g/mol. The largest absolute Gasteiger partial charge is 0.369 e. The summed E-state index contributed by atoms with van der Waals surface area (Å²) in [4.78, 5) is 19.6. The number of hydrogen-bond acceptors (Lipinski definition) is 6. The number of nitrogens with zero attached hydrogens (tertiary/aromatic N) is 5. The van der Waals surface area contributed by atoms with Crippen LogP contribution in [0.2, 0.25) is 0 Å². The summed E-state index contributed by atoms with van der Waals surface area (Å²) in [5, 5.41) is 20.4. The molecule has 0 saturated carbocycles. The van der Waals surface area contributed by atoms with Crippen LogP contribution < -0.4 is 4.90 Å². The number of anilines is 1. The molecule has 0 atom stereocenters. The summed E-state index contributed by atoms with van der Waals surface area (Å²) >= 11 is 0. The Hall–Kier alpha value is -2.98. The van der Waals surface area contributed by atoms with Crippen LogP contribution in [0.25, 0.3) is 0 Å². The molecule has 0 amide bonds. The molecule has 1 aromatic heterocycles. The number of nitriles is 1. The lowest BCUT2D eigenvalue weighted by Gasteiger charge is -2.36. The van der Waals surface area contributed by atoms with E-state index >= 15 is 0 Å². The smallest absolute Gasteiger partial charge is 0.275 e. The average Bonchev–Trinajstić information content (AvgIpc) is 2.63. The summed E-state index contributed by atoms with van der Waals surface area (Å²) in [5.41, 5.74) is 2.76. The molecule has 2 heterocycles. The fourth-order valence-corrected chi connectivity index (χ4v) is 3.13. The maximum atomic E-state index is 11.2. The van der Waals surface area contributed by atoms with Crippen LogP contribution in [-0.4, -0.2) is 41.0 Å². The van der Waals surface area contributed by atoms with Gasteiger partial charge in [0.2, 0.25) is 0 Å². The topological polar surface area (TPSA) is 86.3 Å². The van der Waals surface area contributed by atoms with E-state index < -0.39 is 4.92 Å². The lowest BCUT2D eigenvalue weighted by molar-refractivity contribution is -0.385. The van der Waals surface area contributed by atoms with Crippen LogP contribution in [0.1, 0.15) is 16.8 Å². The molecule has 25 heavy (non-hydrogen) atoms. The van der Waals surface area contributed by atoms with Crippen molar-refractivity contribution in [2.24, 2.45) is 0 Å². The predicted octanol–water partition coefficient (Wildman–Crippen LogP) is 2.49. The number of pyridine rings is 1. The first kappa shape index (κ1) is 16.9. The molecule has 1 aliphatic rings. The first-order valence-corrected chi connectivity index (χ1v) is 8.15. The third kappa shape index (κ3) is 3.75. The summed E-state index contributed by atoms with van der Waals surface area (Å²) in [6.07, 6.45) is 1.79. The highest BCUT2D eigenvalue weighted by atomic mass is 16.6. The Labute approximate surface area is 146 Å². The van der Waals surface area contributed by atoms with Crippen molar-refractivity contribution in [3.63, 3.8) is 0 Å². The van der Waals surface area contributed by atoms with Gasteiger partial charge in [-0.15, -0.1) is 0 Å². The number of rotatable bonds is 4. The van der Waals surface area contributed by atoms with E-state index in [9.17, 15) is 10.1 Å². The summed E-state index contributed by atoms with van der Waals surface area (Å²) in [6, 6.07) is 11.0. The molecule has 1 saturated heterocycles. The van der Waals surface area contributed by atoms with Crippen LogP contribution in [0.4, 0.5) is 11.4 Å². The number of benzene rings is 1. The quantitative estimate of drug-likeness (QED) is 0.629. The SMILES string of the molecule is Cc1c(N2CCN(Cc3ccccn3)CC2)cc(C#N)cc1[N+](=O)[O-]. The third-order valence-corrected chi connectivity index (χ3v) is 4.50. The molecule has 0 bridgehead atoms. The maximum Gasteiger partial charge on any atom is 0.275 e. The first-order valence-electron chi connectivity index (χ1n) is 8.15. The van der Waals surface area contributed by atoms with Gasteiger partial charge in [0.05, 0.1) is 27.8 Å². The molecule has 7 heteroatoms. The minimum absolute atomic E-state index is 0.00460. The second-order valence-corrected chi connectivity index (χ2v) is 6.09. The Kier molecular flexibility index (Phi) is 4.91. The molecule has 1 aliphatic heterocycles. The van der Waals surface area contributed by atoms with Crippen molar-refractivity contribution in [1.82, 2.24) is 9.88 Å². The minimum Gasteiger partial charge on any atom is -0.369 e. The highest BCUT2D eigenvalue weighted by molar-refractivity contribution is 5.65. The van der Waals surface area contributed by atoms with Crippen molar-refractivity contribution in [1.29, 1.82) is 5.26 Å². The van der Waals surface area contributed by atoms with Gasteiger partial charge in [-0.1, -0.05) is 6.07 Å². The van der Waals surface area contributed by atoms with Gasteiger partial charge in [0.15, 0.2) is 0 Å². The number of aromatic nitrogens is 1. The van der Waals surface area contributed by atoms with Crippen LogP contribution in [0.3, 0.4) is 0 Å². The molecule has 1 aromatic carbocycles. The Morgan fingerprint density at radius 1 is 1.28 bits per heavy atom. The predicted molar refractivity (Wildman–Crippen MR) is 94.3 cm³/mol. The maximum absolute atomic E-state index is 11.2. The molecule has 3 rings (SSSR count). The van der Waals surface area contributed by atoms with Gasteiger partial charge in [-0.05, 0) is 25.1 Å². The summed E-state index contributed by atoms with van der Waals surface area (Å²) in [6.45, 7) is 5.77. The van der Waals surface area contributed by atoms with Gasteiger partial charge in [-0.2, -0.15) is 5.26 Å². The molecule has 2 aromatic rings. The van der Waals surface area contributed by atoms with E-state index in [2.05, 4.69) is 14.8 Å². The Morgan fingerprint density at radius 3 is 2.64 bits per heavy atom. The number of nitro groups is 1. The van der Waals surface area contributed by atoms with Crippen molar-refractivity contribution in [3.05, 3.63) is 63.5 Å². The Bertz CT molecular complexity index is 808. The first-order chi connectivity index (χ1) is 12.1. The van der Waals surface area contributed by atoms with E-state index in [0.29, 0.717) is 11.1 Å². The van der Waals surface area contributed by atoms with E-state index in [0.717, 1.165) is 44.1 Å². The molecule has 128 valence electrons. The fraction of sp³-hybridized carbons (Fsp3) is 0.333. The van der Waals surface area contributed by atoms with Gasteiger partial charge in [-0.3, -0.25) is 20.0 Å². The highest BCUT2D eigenvalue weighted by Gasteiger charge is 2.23. The van der Waals surface area contributed by atoms with E-state index in [4.69, 9.17) is 5.26 Å². The minimum atomic E-state index is -0.420. The number of nitro benzene ring substituents is 1. The number of piperazine rings is 1. The summed E-state index contributed by atoms with van der Waals surface area (Å²) in [7, 11) is 0. The zero-order chi connectivity index (χ0) is 17.8. The van der Waals surface area contributed by atoms with Gasteiger partial charge >= 0.3 is 0 Å². The second-order valence-electron chi connectivity index (χ2n) is 6.09. The Morgan fingerprint density at radius 2 is 2.04 bits per heavy atom. The van der Waals surface area contributed by atoms with Crippen molar-refractivity contribution in [3.8, 4) is 6.07 Å². The van der Waals surface area contributed by atoms with Crippen molar-refractivity contribution >= 4 is 11.4 Å². The summed E-state index contributed by atoms with van der Waals surface area (Å²) in [5.74, 6) is 0. The van der Waals surface area contributed by atoms with Gasteiger partial charge in [0, 0.05) is 50.7 Å².